The fourth-order valence-electron chi connectivity index (χ4n) is 1.51. The molecule has 16 heavy (non-hydrogen) atoms. The molecule has 88 valence electrons. The van der Waals surface area contributed by atoms with Gasteiger partial charge < -0.3 is 10.5 Å². The Morgan fingerprint density at radius 1 is 1.44 bits per heavy atom. The quantitative estimate of drug-likeness (QED) is 0.804. The SMILES string of the molecule is COC/C(=C/c1ccccc1F)CCCN. The van der Waals surface area contributed by atoms with E-state index in [1.807, 2.05) is 12.1 Å². The number of hydrogen-bond donors (Lipinski definition) is 1. The maximum Gasteiger partial charge on any atom is 0.130 e. The second-order valence-electron chi connectivity index (χ2n) is 3.65. The minimum atomic E-state index is -0.205. The molecular weight excluding hydrogens is 205 g/mol. The molecule has 0 heterocycles. The maximum absolute atomic E-state index is 13.4. The third-order valence-corrected chi connectivity index (χ3v) is 2.30. The van der Waals surface area contributed by atoms with Crippen LogP contribution in [0.4, 0.5) is 4.39 Å². The molecule has 0 unspecified atom stereocenters. The summed E-state index contributed by atoms with van der Waals surface area (Å²) in [5.74, 6) is -0.205. The van der Waals surface area contributed by atoms with Crippen LogP contribution in [0.1, 0.15) is 18.4 Å². The molecule has 1 rings (SSSR count). The van der Waals surface area contributed by atoms with Gasteiger partial charge in [-0.1, -0.05) is 24.3 Å². The first-order chi connectivity index (χ1) is 7.77. The molecule has 0 bridgehead atoms. The van der Waals surface area contributed by atoms with E-state index in [4.69, 9.17) is 10.5 Å². The van der Waals surface area contributed by atoms with Crippen LogP contribution in [0.5, 0.6) is 0 Å². The second kappa shape index (κ2) is 7.14. The van der Waals surface area contributed by atoms with Crippen molar-refractivity contribution >= 4 is 6.08 Å². The Labute approximate surface area is 95.9 Å². The third kappa shape index (κ3) is 4.13. The lowest BCUT2D eigenvalue weighted by Gasteiger charge is -2.06. The van der Waals surface area contributed by atoms with Crippen LogP contribution in [-0.2, 0) is 4.74 Å². The minimum absolute atomic E-state index is 0.205. The highest BCUT2D eigenvalue weighted by Gasteiger charge is 2.01. The molecule has 1 aromatic carbocycles. The van der Waals surface area contributed by atoms with Gasteiger partial charge in [0.05, 0.1) is 6.61 Å². The van der Waals surface area contributed by atoms with E-state index in [0.717, 1.165) is 18.4 Å². The Bertz CT molecular complexity index is 350. The van der Waals surface area contributed by atoms with Crippen molar-refractivity contribution in [2.45, 2.75) is 12.8 Å². The highest BCUT2D eigenvalue weighted by Crippen LogP contribution is 2.14. The fraction of sp³-hybridized carbons (Fsp3) is 0.385. The predicted molar refractivity (Wildman–Crippen MR) is 64.5 cm³/mol. The summed E-state index contributed by atoms with van der Waals surface area (Å²) in [6.45, 7) is 1.16. The summed E-state index contributed by atoms with van der Waals surface area (Å²) in [6.07, 6.45) is 3.58. The maximum atomic E-state index is 13.4. The number of benzene rings is 1. The van der Waals surface area contributed by atoms with Gasteiger partial charge in [0.15, 0.2) is 0 Å². The highest BCUT2D eigenvalue weighted by molar-refractivity contribution is 5.53. The lowest BCUT2D eigenvalue weighted by Crippen LogP contribution is -2.02. The van der Waals surface area contributed by atoms with Crippen molar-refractivity contribution in [3.05, 3.63) is 41.2 Å². The van der Waals surface area contributed by atoms with Crippen molar-refractivity contribution in [3.63, 3.8) is 0 Å². The molecule has 0 aliphatic heterocycles. The molecular formula is C13H18FNO. The molecule has 0 fully saturated rings. The van der Waals surface area contributed by atoms with Crippen LogP contribution in [0.15, 0.2) is 29.8 Å². The van der Waals surface area contributed by atoms with Crippen LogP contribution in [0.25, 0.3) is 6.08 Å². The van der Waals surface area contributed by atoms with Gasteiger partial charge in [-0.3, -0.25) is 0 Å². The first-order valence-corrected chi connectivity index (χ1v) is 5.41. The Hall–Kier alpha value is -1.19. The monoisotopic (exact) mass is 223 g/mol. The molecule has 0 saturated carbocycles. The van der Waals surface area contributed by atoms with Crippen molar-refractivity contribution in [1.29, 1.82) is 0 Å². The summed E-state index contributed by atoms with van der Waals surface area (Å²) in [7, 11) is 1.64. The van der Waals surface area contributed by atoms with E-state index in [1.165, 1.54) is 6.07 Å². The van der Waals surface area contributed by atoms with Gasteiger partial charge >= 0.3 is 0 Å². The van der Waals surface area contributed by atoms with E-state index in [0.29, 0.717) is 18.7 Å². The lowest BCUT2D eigenvalue weighted by atomic mass is 10.1. The van der Waals surface area contributed by atoms with E-state index in [-0.39, 0.29) is 5.82 Å². The van der Waals surface area contributed by atoms with Gasteiger partial charge in [0, 0.05) is 12.7 Å². The number of halogens is 1. The number of methoxy groups -OCH3 is 1. The van der Waals surface area contributed by atoms with Crippen molar-refractivity contribution in [3.8, 4) is 0 Å². The molecule has 1 aromatic rings. The average Bonchev–Trinajstić information content (AvgIpc) is 2.29. The van der Waals surface area contributed by atoms with Gasteiger partial charge in [-0.25, -0.2) is 4.39 Å². The molecule has 2 nitrogen and oxygen atoms in total. The minimum Gasteiger partial charge on any atom is -0.380 e. The van der Waals surface area contributed by atoms with Gasteiger partial charge in [-0.05, 0) is 31.0 Å². The van der Waals surface area contributed by atoms with Gasteiger partial charge in [-0.15, -0.1) is 0 Å². The van der Waals surface area contributed by atoms with Crippen LogP contribution in [0.2, 0.25) is 0 Å². The summed E-state index contributed by atoms with van der Waals surface area (Å²) in [4.78, 5) is 0. The second-order valence-corrected chi connectivity index (χ2v) is 3.65. The summed E-state index contributed by atoms with van der Waals surface area (Å²) < 4.78 is 18.5. The van der Waals surface area contributed by atoms with Crippen LogP contribution in [0.3, 0.4) is 0 Å². The van der Waals surface area contributed by atoms with Crippen LogP contribution < -0.4 is 5.73 Å². The summed E-state index contributed by atoms with van der Waals surface area (Å²) in [5, 5.41) is 0. The Kier molecular flexibility index (Phi) is 5.75. The molecule has 0 spiro atoms. The standard InChI is InChI=1S/C13H18FNO/c1-16-10-11(5-4-8-15)9-12-6-2-3-7-13(12)14/h2-3,6-7,9H,4-5,8,10,15H2,1H3/b11-9+. The molecule has 0 saturated heterocycles. The third-order valence-electron chi connectivity index (χ3n) is 2.30. The van der Waals surface area contributed by atoms with Crippen LogP contribution in [0, 0.1) is 5.82 Å². The Balaban J connectivity index is 2.79. The van der Waals surface area contributed by atoms with Crippen LogP contribution in [-0.4, -0.2) is 20.3 Å². The Morgan fingerprint density at radius 2 is 2.19 bits per heavy atom. The normalized spacial score (nSPS) is 11.8. The smallest absolute Gasteiger partial charge is 0.130 e. The van der Waals surface area contributed by atoms with E-state index in [9.17, 15) is 4.39 Å². The van der Waals surface area contributed by atoms with E-state index < -0.39 is 0 Å². The van der Waals surface area contributed by atoms with Crippen molar-refractivity contribution < 1.29 is 9.13 Å². The van der Waals surface area contributed by atoms with E-state index >= 15 is 0 Å². The molecule has 0 aliphatic rings. The number of nitrogens with two attached hydrogens (primary N) is 1. The highest BCUT2D eigenvalue weighted by atomic mass is 19.1. The summed E-state index contributed by atoms with van der Waals surface area (Å²) >= 11 is 0. The molecule has 0 radical (unpaired) electrons. The molecule has 0 aliphatic carbocycles. The van der Waals surface area contributed by atoms with Gasteiger partial charge in [-0.2, -0.15) is 0 Å². The van der Waals surface area contributed by atoms with E-state index in [2.05, 4.69) is 0 Å². The first-order valence-electron chi connectivity index (χ1n) is 5.41. The van der Waals surface area contributed by atoms with Gasteiger partial charge in [0.1, 0.15) is 5.82 Å². The molecule has 2 N–H and O–H groups in total. The summed E-state index contributed by atoms with van der Waals surface area (Å²) in [6, 6.07) is 6.72. The molecule has 3 heteroatoms. The lowest BCUT2D eigenvalue weighted by molar-refractivity contribution is 0.223. The van der Waals surface area contributed by atoms with Crippen molar-refractivity contribution in [2.24, 2.45) is 5.73 Å². The Morgan fingerprint density at radius 3 is 2.81 bits per heavy atom. The average molecular weight is 223 g/mol. The van der Waals surface area contributed by atoms with Gasteiger partial charge in [0.2, 0.25) is 0 Å². The zero-order valence-electron chi connectivity index (χ0n) is 9.58. The predicted octanol–water partition coefficient (Wildman–Crippen LogP) is 2.59. The zero-order valence-corrected chi connectivity index (χ0v) is 9.58. The number of ether oxygens (including phenoxy) is 1. The van der Waals surface area contributed by atoms with Crippen molar-refractivity contribution in [1.82, 2.24) is 0 Å². The topological polar surface area (TPSA) is 35.2 Å². The van der Waals surface area contributed by atoms with Crippen molar-refractivity contribution in [2.75, 3.05) is 20.3 Å². The van der Waals surface area contributed by atoms with Gasteiger partial charge in [0.25, 0.3) is 0 Å². The molecule has 0 atom stereocenters. The largest absolute Gasteiger partial charge is 0.380 e. The number of hydrogen-bond acceptors (Lipinski definition) is 2. The fourth-order valence-corrected chi connectivity index (χ4v) is 1.51. The zero-order chi connectivity index (χ0) is 11.8. The first kappa shape index (κ1) is 12.9. The van der Waals surface area contributed by atoms with Crippen LogP contribution >= 0.6 is 0 Å². The summed E-state index contributed by atoms with van der Waals surface area (Å²) in [5.41, 5.74) is 7.13. The number of rotatable bonds is 6. The van der Waals surface area contributed by atoms with E-state index in [1.54, 1.807) is 19.2 Å². The molecule has 0 aromatic heterocycles. The molecule has 0 amide bonds.